The first-order valence-corrected chi connectivity index (χ1v) is 35.2. The molecule has 1 aliphatic heterocycles. The predicted octanol–water partition coefficient (Wildman–Crippen LogP) is 8.77. The number of likely N-dealkylation sites (N-methyl/N-ethyl adjacent to an activating group) is 4. The first kappa shape index (κ1) is 88.8. The fourth-order valence-electron chi connectivity index (χ4n) is 12.4. The highest BCUT2D eigenvalue weighted by molar-refractivity contribution is 5.99. The maximum absolute atomic E-state index is 14.9. The molecule has 21 heteroatoms. The highest BCUT2D eigenvalue weighted by atomic mass is 16.5. The van der Waals surface area contributed by atoms with E-state index >= 15 is 0 Å². The molecule has 1 rings (SSSR count). The maximum atomic E-state index is 14.9. The highest BCUT2D eigenvalue weighted by Crippen LogP contribution is 2.30. The molecule has 1 fully saturated rings. The number of unbranched alkanes of at least 4 members (excludes halogenated alkanes) is 2. The van der Waals surface area contributed by atoms with Crippen LogP contribution in [-0.2, 0) is 57.5 Å². The summed E-state index contributed by atoms with van der Waals surface area (Å²) in [6.45, 7) is 33.1. The summed E-state index contributed by atoms with van der Waals surface area (Å²) in [6.07, 6.45) is 4.53. The van der Waals surface area contributed by atoms with Crippen LogP contribution in [0.3, 0.4) is 0 Å². The summed E-state index contributed by atoms with van der Waals surface area (Å²) < 4.78 is 6.09. The minimum absolute atomic E-state index is 0.0822. The number of aliphatic hydroxyl groups excluding tert-OH is 3. The summed E-state index contributed by atoms with van der Waals surface area (Å²) in [5, 5.41) is 35.3. The number of hydrogen-bond donors (Lipinski definition) is 5. The Bertz CT molecular complexity index is 2410. The van der Waals surface area contributed by atoms with Gasteiger partial charge in [0.1, 0.15) is 12.1 Å². The van der Waals surface area contributed by atoms with E-state index in [1.54, 1.807) is 61.5 Å². The number of ether oxygens (including phenoxy) is 1. The molecule has 1 saturated heterocycles. The monoisotopic (exact) mass is 1330 g/mol. The number of ketones is 5. The molecule has 0 aromatic carbocycles. The van der Waals surface area contributed by atoms with Gasteiger partial charge in [0.05, 0.1) is 42.3 Å². The van der Waals surface area contributed by atoms with Crippen molar-refractivity contribution < 1.29 is 72.8 Å². The second kappa shape index (κ2) is 45.3. The molecule has 542 valence electrons. The van der Waals surface area contributed by atoms with Crippen LogP contribution in [0.2, 0.25) is 0 Å². The van der Waals surface area contributed by atoms with E-state index in [9.17, 15) is 63.0 Å². The molecule has 21 nitrogen and oxygen atoms in total. The molecule has 0 unspecified atom stereocenters. The summed E-state index contributed by atoms with van der Waals surface area (Å²) in [7, 11) is 5.87. The van der Waals surface area contributed by atoms with Gasteiger partial charge in [-0.25, -0.2) is 0 Å². The van der Waals surface area contributed by atoms with Crippen LogP contribution in [0.1, 0.15) is 227 Å². The van der Waals surface area contributed by atoms with Gasteiger partial charge in [-0.2, -0.15) is 0 Å². The standard InChI is InChI=1S/C66H114N6O14.C7H16O/c1-21-23-26-43(13)61(80)49-37-56(77)59(42(11)12)72(20)65(84)47(31-38(3)4)35-55(76)52(33-40(7)8)69(17)64(83)45(15)67-62(81)44(14)34-54(75)51(32-39(5)6)70(18)66(85)48(41(9)10)36-57(78)60(46(16)86-30-25-24-29-73)71(19)58(79)28-27-53(74)50(22-2)68-63(49)82;1-7(2)5-3-4-6-8/h21,23,38-52,59-61,73,80H,22,24-37H2,1-20H3,(H,67,81)(H,68,82);7-8H,3-6H2,1-2H3/b23-21+;/t43-,44-,45-,46-,47-,48+,49+,50+,51+,52+,59+,60+,61-;/m1./s1. The van der Waals surface area contributed by atoms with Crippen molar-refractivity contribution in [3.8, 4) is 0 Å². The summed E-state index contributed by atoms with van der Waals surface area (Å²) in [5.41, 5.74) is 0. The number of hydrogen-bond acceptors (Lipinski definition) is 15. The van der Waals surface area contributed by atoms with E-state index in [-0.39, 0.29) is 88.8 Å². The lowest BCUT2D eigenvalue weighted by molar-refractivity contribution is -0.148. The Labute approximate surface area is 566 Å². The largest absolute Gasteiger partial charge is 0.396 e. The normalized spacial score (nSPS) is 25.7. The van der Waals surface area contributed by atoms with Gasteiger partial charge >= 0.3 is 0 Å². The van der Waals surface area contributed by atoms with E-state index in [1.807, 2.05) is 54.5 Å². The van der Waals surface area contributed by atoms with E-state index in [4.69, 9.17) is 9.84 Å². The smallest absolute Gasteiger partial charge is 0.245 e. The molecule has 5 N–H and O–H groups in total. The summed E-state index contributed by atoms with van der Waals surface area (Å²) >= 11 is 0. The van der Waals surface area contributed by atoms with Crippen molar-refractivity contribution in [3.05, 3.63) is 12.2 Å². The zero-order chi connectivity index (χ0) is 72.6. The van der Waals surface area contributed by atoms with Gasteiger partial charge in [-0.05, 0) is 114 Å². The Morgan fingerprint density at radius 2 is 1.04 bits per heavy atom. The number of nitrogens with zero attached hydrogens (tertiary/aromatic N) is 4. The molecule has 13 atom stereocenters. The molecule has 0 aromatic rings. The Hall–Kier alpha value is -5.25. The van der Waals surface area contributed by atoms with Crippen LogP contribution in [0.15, 0.2) is 12.2 Å². The van der Waals surface area contributed by atoms with Crippen LogP contribution in [0, 0.1) is 65.1 Å². The van der Waals surface area contributed by atoms with Gasteiger partial charge < -0.3 is 50.3 Å². The third-order valence-corrected chi connectivity index (χ3v) is 18.2. The Balaban J connectivity index is 0.0000101. The number of aliphatic hydroxyl groups is 3. The Morgan fingerprint density at radius 3 is 1.53 bits per heavy atom. The molecule has 1 aliphatic rings. The summed E-state index contributed by atoms with van der Waals surface area (Å²) in [6, 6.07) is -6.69. The molecule has 0 aliphatic carbocycles. The average molecular weight is 1330 g/mol. The van der Waals surface area contributed by atoms with Gasteiger partial charge in [-0.15, -0.1) is 0 Å². The molecule has 94 heavy (non-hydrogen) atoms. The van der Waals surface area contributed by atoms with E-state index in [0.717, 1.165) is 12.3 Å². The minimum Gasteiger partial charge on any atom is -0.396 e. The third-order valence-electron chi connectivity index (χ3n) is 18.2. The summed E-state index contributed by atoms with van der Waals surface area (Å²) in [4.78, 5) is 165. The SMILES string of the molecule is C/C=C/C[C@@H](C)[C@@H](O)[C@@H]1CC(=O)[C@H](C(C)C)N(C)C(=O)[C@H](CC(C)C)CC(=O)[C@H](CC(C)C)N(C)C(=O)[C@@H](C)NC(=O)[C@H](C)CC(=O)[C@H](CC(C)C)N(C)C(=O)[C@H](C(C)C)CC(=O)[C@H]([C@@H](C)OCCCCO)N(C)C(=O)CCC(=O)[C@H](CC)NC1=O.CC(C)CCCCO. The van der Waals surface area contributed by atoms with E-state index < -0.39 is 161 Å². The zero-order valence-corrected chi connectivity index (χ0v) is 62.1. The Kier molecular flexibility index (Phi) is 42.8. The minimum atomic E-state index is -1.39. The van der Waals surface area contributed by atoms with Gasteiger partial charge in [0.2, 0.25) is 35.4 Å². The first-order valence-electron chi connectivity index (χ1n) is 35.2. The van der Waals surface area contributed by atoms with Crippen molar-refractivity contribution in [1.82, 2.24) is 30.2 Å². The number of Topliss-reactive ketones (excluding diaryl/α,β-unsaturated/α-hetero) is 5. The fourth-order valence-corrected chi connectivity index (χ4v) is 12.4. The molecule has 1 heterocycles. The lowest BCUT2D eigenvalue weighted by Gasteiger charge is -2.36. The number of nitrogens with one attached hydrogen (secondary N) is 2. The van der Waals surface area contributed by atoms with Crippen molar-refractivity contribution >= 4 is 64.4 Å². The van der Waals surface area contributed by atoms with Crippen molar-refractivity contribution in [3.63, 3.8) is 0 Å². The lowest BCUT2D eigenvalue weighted by Crippen LogP contribution is -2.53. The van der Waals surface area contributed by atoms with Crippen LogP contribution in [0.4, 0.5) is 0 Å². The topological polar surface area (TPSA) is 295 Å². The highest BCUT2D eigenvalue weighted by Gasteiger charge is 2.43. The number of carbonyl (C=O) groups excluding carboxylic acids is 11. The molecule has 6 amide bonds. The van der Waals surface area contributed by atoms with Crippen molar-refractivity contribution in [2.24, 2.45) is 65.1 Å². The first-order chi connectivity index (χ1) is 43.8. The number of amides is 6. The quantitative estimate of drug-likeness (QED) is 0.0472. The van der Waals surface area contributed by atoms with Gasteiger partial charge in [0.15, 0.2) is 28.9 Å². The second-order valence-corrected chi connectivity index (χ2v) is 29.2. The number of carbonyl (C=O) groups is 11. The van der Waals surface area contributed by atoms with Crippen molar-refractivity contribution in [2.45, 2.75) is 276 Å². The molecule has 0 spiro atoms. The van der Waals surface area contributed by atoms with Crippen LogP contribution < -0.4 is 10.6 Å². The molecule has 0 radical (unpaired) electrons. The van der Waals surface area contributed by atoms with Gasteiger partial charge in [-0.1, -0.05) is 129 Å². The third kappa shape index (κ3) is 30.4. The molecule has 0 aromatic heterocycles. The van der Waals surface area contributed by atoms with Crippen LogP contribution in [-0.4, -0.2) is 196 Å². The lowest BCUT2D eigenvalue weighted by atomic mass is 9.82. The maximum Gasteiger partial charge on any atom is 0.245 e. The van der Waals surface area contributed by atoms with Crippen molar-refractivity contribution in [1.29, 1.82) is 0 Å². The van der Waals surface area contributed by atoms with E-state index in [1.165, 1.54) is 67.6 Å². The average Bonchev–Trinajstić information content (AvgIpc) is 0.853. The van der Waals surface area contributed by atoms with E-state index in [0.29, 0.717) is 25.9 Å². The molecule has 0 bridgehead atoms. The molecule has 0 saturated carbocycles. The second-order valence-electron chi connectivity index (χ2n) is 29.2. The molecular weight excluding hydrogens is 1200 g/mol. The van der Waals surface area contributed by atoms with Crippen molar-refractivity contribution in [2.75, 3.05) is 48.0 Å². The van der Waals surface area contributed by atoms with Gasteiger partial charge in [0, 0.05) is 104 Å². The van der Waals surface area contributed by atoms with Gasteiger partial charge in [0.25, 0.3) is 0 Å². The van der Waals surface area contributed by atoms with Gasteiger partial charge in [-0.3, -0.25) is 52.7 Å². The number of allylic oxidation sites excluding steroid dienone is 2. The summed E-state index contributed by atoms with van der Waals surface area (Å²) in [5.74, 6) is -11.2. The van der Waals surface area contributed by atoms with Crippen LogP contribution >= 0.6 is 0 Å². The molecular formula is C73H130N6O15. The predicted molar refractivity (Wildman–Crippen MR) is 369 cm³/mol. The zero-order valence-electron chi connectivity index (χ0n) is 62.1. The van der Waals surface area contributed by atoms with Crippen LogP contribution in [0.5, 0.6) is 0 Å². The Morgan fingerprint density at radius 1 is 0.532 bits per heavy atom. The van der Waals surface area contributed by atoms with E-state index in [2.05, 4.69) is 24.5 Å². The number of rotatable bonds is 23. The fraction of sp³-hybridized carbons (Fsp3) is 0.822. The van der Waals surface area contributed by atoms with Crippen LogP contribution in [0.25, 0.3) is 0 Å².